The molecule has 23 heavy (non-hydrogen) atoms. The van der Waals surface area contributed by atoms with Gasteiger partial charge in [-0.2, -0.15) is 5.10 Å². The minimum absolute atomic E-state index is 0.0193. The molecule has 0 unspecified atom stereocenters. The Morgan fingerprint density at radius 3 is 2.65 bits per heavy atom. The van der Waals surface area contributed by atoms with Gasteiger partial charge in [-0.1, -0.05) is 6.07 Å². The molecular weight excluding hydrogens is 306 g/mol. The van der Waals surface area contributed by atoms with Crippen LogP contribution in [0.4, 0.5) is 8.78 Å². The van der Waals surface area contributed by atoms with E-state index < -0.39 is 17.6 Å². The minimum atomic E-state index is -0.733. The van der Waals surface area contributed by atoms with Crippen molar-refractivity contribution in [2.45, 2.75) is 0 Å². The second-order valence-corrected chi connectivity index (χ2v) is 4.76. The predicted molar refractivity (Wildman–Crippen MR) is 79.3 cm³/mol. The Morgan fingerprint density at radius 2 is 1.96 bits per heavy atom. The molecule has 0 spiro atoms. The molecule has 3 rings (SSSR count). The van der Waals surface area contributed by atoms with Crippen molar-refractivity contribution in [2.75, 3.05) is 14.2 Å². The van der Waals surface area contributed by atoms with E-state index in [0.29, 0.717) is 5.52 Å². The molecule has 1 heterocycles. The van der Waals surface area contributed by atoms with Gasteiger partial charge in [0.25, 0.3) is 0 Å². The van der Waals surface area contributed by atoms with Crippen molar-refractivity contribution in [1.82, 2.24) is 10.2 Å². The van der Waals surface area contributed by atoms with Crippen LogP contribution < -0.4 is 4.74 Å². The first-order valence-corrected chi connectivity index (χ1v) is 6.65. The van der Waals surface area contributed by atoms with E-state index in [1.54, 1.807) is 6.07 Å². The number of aromatic amines is 1. The molecule has 7 heteroatoms. The fourth-order valence-corrected chi connectivity index (χ4v) is 2.40. The topological polar surface area (TPSA) is 64.2 Å². The lowest BCUT2D eigenvalue weighted by molar-refractivity contribution is 0.0596. The number of nitrogens with one attached hydrogen (secondary N) is 1. The maximum atomic E-state index is 14.4. The lowest BCUT2D eigenvalue weighted by Gasteiger charge is -2.10. The number of benzene rings is 2. The van der Waals surface area contributed by atoms with Gasteiger partial charge in [0.05, 0.1) is 25.1 Å². The van der Waals surface area contributed by atoms with E-state index >= 15 is 0 Å². The van der Waals surface area contributed by atoms with Crippen LogP contribution in [-0.4, -0.2) is 30.4 Å². The number of hydrogen-bond donors (Lipinski definition) is 1. The highest BCUT2D eigenvalue weighted by molar-refractivity contribution is 5.96. The quantitative estimate of drug-likeness (QED) is 0.753. The van der Waals surface area contributed by atoms with Crippen LogP contribution in [0.25, 0.3) is 22.2 Å². The van der Waals surface area contributed by atoms with E-state index in [1.807, 2.05) is 0 Å². The highest BCUT2D eigenvalue weighted by atomic mass is 19.1. The van der Waals surface area contributed by atoms with Gasteiger partial charge >= 0.3 is 5.97 Å². The summed E-state index contributed by atoms with van der Waals surface area (Å²) >= 11 is 0. The molecule has 0 radical (unpaired) electrons. The summed E-state index contributed by atoms with van der Waals surface area (Å²) in [5.74, 6) is -1.88. The van der Waals surface area contributed by atoms with E-state index in [1.165, 1.54) is 32.4 Å². The number of fused-ring (bicyclic) bond motifs is 1. The van der Waals surface area contributed by atoms with Gasteiger partial charge < -0.3 is 9.47 Å². The third kappa shape index (κ3) is 2.40. The van der Waals surface area contributed by atoms with Crippen molar-refractivity contribution in [3.05, 3.63) is 47.5 Å². The first kappa shape index (κ1) is 15.0. The Morgan fingerprint density at radius 1 is 1.17 bits per heavy atom. The zero-order valence-electron chi connectivity index (χ0n) is 12.3. The number of H-pyrrole nitrogens is 1. The van der Waals surface area contributed by atoms with Crippen molar-refractivity contribution in [3.8, 4) is 17.0 Å². The third-order valence-electron chi connectivity index (χ3n) is 3.49. The van der Waals surface area contributed by atoms with Crippen LogP contribution in [0.5, 0.6) is 5.75 Å². The average Bonchev–Trinajstić information content (AvgIpc) is 2.99. The summed E-state index contributed by atoms with van der Waals surface area (Å²) in [4.78, 5) is 11.7. The third-order valence-corrected chi connectivity index (χ3v) is 3.49. The Balaban J connectivity index is 2.25. The Bertz CT molecular complexity index is 906. The smallest absolute Gasteiger partial charge is 0.341 e. The van der Waals surface area contributed by atoms with Crippen molar-refractivity contribution in [2.24, 2.45) is 0 Å². The van der Waals surface area contributed by atoms with E-state index in [2.05, 4.69) is 14.9 Å². The summed E-state index contributed by atoms with van der Waals surface area (Å²) in [7, 11) is 2.52. The lowest BCUT2D eigenvalue weighted by Crippen LogP contribution is -2.05. The normalized spacial score (nSPS) is 10.8. The van der Waals surface area contributed by atoms with Gasteiger partial charge in [0.2, 0.25) is 0 Å². The molecule has 1 N–H and O–H groups in total. The van der Waals surface area contributed by atoms with Gasteiger partial charge in [0.1, 0.15) is 28.6 Å². The molecule has 0 fully saturated rings. The van der Waals surface area contributed by atoms with Crippen molar-refractivity contribution >= 4 is 16.9 Å². The molecule has 0 bridgehead atoms. The predicted octanol–water partition coefficient (Wildman–Crippen LogP) is 3.30. The highest BCUT2D eigenvalue weighted by Crippen LogP contribution is 2.34. The van der Waals surface area contributed by atoms with Crippen LogP contribution in [0.15, 0.2) is 30.3 Å². The number of halogens is 2. The molecule has 0 aliphatic heterocycles. The van der Waals surface area contributed by atoms with Crippen molar-refractivity contribution < 1.29 is 23.0 Å². The minimum Gasteiger partial charge on any atom is -0.496 e. The summed E-state index contributed by atoms with van der Waals surface area (Å²) in [6.07, 6.45) is 0. The highest BCUT2D eigenvalue weighted by Gasteiger charge is 2.21. The van der Waals surface area contributed by atoms with Crippen molar-refractivity contribution in [3.63, 3.8) is 0 Å². The molecule has 0 saturated heterocycles. The zero-order chi connectivity index (χ0) is 16.6. The van der Waals surface area contributed by atoms with Crippen LogP contribution in [0.2, 0.25) is 0 Å². The Kier molecular flexibility index (Phi) is 3.69. The fraction of sp³-hybridized carbons (Fsp3) is 0.125. The van der Waals surface area contributed by atoms with E-state index in [4.69, 9.17) is 4.74 Å². The average molecular weight is 318 g/mol. The van der Waals surface area contributed by atoms with Gasteiger partial charge in [-0.15, -0.1) is 0 Å². The molecule has 5 nitrogen and oxygen atoms in total. The number of carbonyl (C=O) groups is 1. The second kappa shape index (κ2) is 5.68. The van der Waals surface area contributed by atoms with Crippen molar-refractivity contribution in [1.29, 1.82) is 0 Å². The number of nitrogens with zero attached hydrogens (tertiary/aromatic N) is 1. The number of ether oxygens (including phenoxy) is 2. The van der Waals surface area contributed by atoms with Gasteiger partial charge in [-0.25, -0.2) is 13.6 Å². The molecular formula is C16H12F2N2O3. The summed E-state index contributed by atoms with van der Waals surface area (Å²) in [5.41, 5.74) is 0.503. The number of rotatable bonds is 3. The van der Waals surface area contributed by atoms with E-state index in [-0.39, 0.29) is 28.0 Å². The molecule has 1 aromatic heterocycles. The van der Waals surface area contributed by atoms with E-state index in [9.17, 15) is 13.6 Å². The lowest BCUT2D eigenvalue weighted by atomic mass is 10.0. The van der Waals surface area contributed by atoms with Gasteiger partial charge in [0, 0.05) is 5.56 Å². The van der Waals surface area contributed by atoms with Gasteiger partial charge in [-0.05, 0) is 24.3 Å². The number of esters is 1. The maximum absolute atomic E-state index is 14.4. The molecule has 2 aromatic carbocycles. The molecule has 0 aliphatic rings. The molecule has 3 aromatic rings. The maximum Gasteiger partial charge on any atom is 0.341 e. The number of methoxy groups -OCH3 is 2. The number of hydrogen-bond acceptors (Lipinski definition) is 4. The second-order valence-electron chi connectivity index (χ2n) is 4.76. The summed E-state index contributed by atoms with van der Waals surface area (Å²) in [5, 5.41) is 6.80. The van der Waals surface area contributed by atoms with E-state index in [0.717, 1.165) is 6.07 Å². The molecule has 0 atom stereocenters. The van der Waals surface area contributed by atoms with Crippen LogP contribution in [0.1, 0.15) is 10.4 Å². The van der Waals surface area contributed by atoms with Gasteiger partial charge in [-0.3, -0.25) is 5.10 Å². The Hall–Kier alpha value is -2.96. The Labute approximate surface area is 129 Å². The first-order chi connectivity index (χ1) is 11.1. The standard InChI is InChI=1S/C16H12F2N2O3/c1-22-13-7-8(11(18)6-9(13)16(21)23-2)15-14-10(17)4-3-5-12(14)19-20-15/h3-7H,1-2H3,(H,19,20). The number of carbonyl (C=O) groups excluding carboxylic acids is 1. The first-order valence-electron chi connectivity index (χ1n) is 6.65. The molecule has 118 valence electrons. The summed E-state index contributed by atoms with van der Waals surface area (Å²) in [6.45, 7) is 0. The van der Waals surface area contributed by atoms with Crippen LogP contribution in [0, 0.1) is 11.6 Å². The zero-order valence-corrected chi connectivity index (χ0v) is 12.3. The summed E-state index contributed by atoms with van der Waals surface area (Å²) < 4.78 is 38.2. The fourth-order valence-electron chi connectivity index (χ4n) is 2.40. The summed E-state index contributed by atoms with van der Waals surface area (Å²) in [6, 6.07) is 6.70. The van der Waals surface area contributed by atoms with Crippen LogP contribution in [-0.2, 0) is 4.74 Å². The monoisotopic (exact) mass is 318 g/mol. The SMILES string of the molecule is COC(=O)c1cc(F)c(-c2n[nH]c3cccc(F)c23)cc1OC. The largest absolute Gasteiger partial charge is 0.496 e. The molecule has 0 saturated carbocycles. The van der Waals surface area contributed by atoms with Gasteiger partial charge in [0.15, 0.2) is 0 Å². The molecule has 0 aliphatic carbocycles. The number of aromatic nitrogens is 2. The van der Waals surface area contributed by atoms with Crippen LogP contribution >= 0.6 is 0 Å². The molecule has 0 amide bonds. The van der Waals surface area contributed by atoms with Crippen LogP contribution in [0.3, 0.4) is 0 Å².